The molecule has 31 heavy (non-hydrogen) atoms. The summed E-state index contributed by atoms with van der Waals surface area (Å²) in [6, 6.07) is 14.9. The molecular formula is C24H26O6S. The van der Waals surface area contributed by atoms with E-state index < -0.39 is 11.9 Å². The monoisotopic (exact) mass is 442 g/mol. The molecule has 0 aliphatic heterocycles. The normalized spacial score (nSPS) is 10.8. The first kappa shape index (κ1) is 24.1. The highest BCUT2D eigenvalue weighted by Gasteiger charge is 2.07. The van der Waals surface area contributed by atoms with Gasteiger partial charge in [-0.2, -0.15) is 0 Å². The van der Waals surface area contributed by atoms with E-state index in [1.165, 1.54) is 0 Å². The molecule has 2 rings (SSSR count). The molecule has 0 spiro atoms. The van der Waals surface area contributed by atoms with Crippen molar-refractivity contribution in [3.8, 4) is 11.5 Å². The fourth-order valence-corrected chi connectivity index (χ4v) is 3.12. The molecule has 7 heteroatoms. The Kier molecular flexibility index (Phi) is 10.2. The summed E-state index contributed by atoms with van der Waals surface area (Å²) in [6.45, 7) is 5.79. The van der Waals surface area contributed by atoms with Crippen LogP contribution in [0.1, 0.15) is 12.5 Å². The Hall–Kier alpha value is -3.19. The van der Waals surface area contributed by atoms with Gasteiger partial charge < -0.3 is 18.9 Å². The predicted octanol–water partition coefficient (Wildman–Crippen LogP) is 4.59. The van der Waals surface area contributed by atoms with Crippen molar-refractivity contribution in [2.45, 2.75) is 18.4 Å². The summed E-state index contributed by atoms with van der Waals surface area (Å²) >= 11 is 1.55. The third kappa shape index (κ3) is 9.00. The van der Waals surface area contributed by atoms with Crippen molar-refractivity contribution in [3.63, 3.8) is 0 Å². The van der Waals surface area contributed by atoms with Crippen LogP contribution < -0.4 is 9.47 Å². The Bertz CT molecular complexity index is 905. The summed E-state index contributed by atoms with van der Waals surface area (Å²) in [5, 5.41) is 0. The van der Waals surface area contributed by atoms with Crippen LogP contribution in [0, 0.1) is 0 Å². The average Bonchev–Trinajstić information content (AvgIpc) is 2.80. The molecule has 6 nitrogen and oxygen atoms in total. The van der Waals surface area contributed by atoms with Gasteiger partial charge in [-0.3, -0.25) is 0 Å². The maximum Gasteiger partial charge on any atom is 0.333 e. The average molecular weight is 443 g/mol. The van der Waals surface area contributed by atoms with Crippen LogP contribution in [0.3, 0.4) is 0 Å². The summed E-state index contributed by atoms with van der Waals surface area (Å²) in [4.78, 5) is 24.2. The molecule has 0 radical (unpaired) electrons. The Labute approximate surface area is 186 Å². The van der Waals surface area contributed by atoms with E-state index in [2.05, 4.69) is 6.58 Å². The summed E-state index contributed by atoms with van der Waals surface area (Å²) in [6.07, 6.45) is 2.83. The number of hydrogen-bond donors (Lipinski definition) is 0. The molecule has 2 aromatic carbocycles. The molecule has 0 aliphatic carbocycles. The molecule has 0 saturated carbocycles. The summed E-state index contributed by atoms with van der Waals surface area (Å²) in [5.74, 6) is 1.24. The van der Waals surface area contributed by atoms with Crippen molar-refractivity contribution in [2.24, 2.45) is 0 Å². The molecule has 0 heterocycles. The minimum Gasteiger partial charge on any atom is -0.497 e. The fraction of sp³-hybridized carbons (Fsp3) is 0.250. The second-order valence-corrected chi connectivity index (χ2v) is 7.49. The number of hydrogen-bond acceptors (Lipinski definition) is 7. The van der Waals surface area contributed by atoms with Crippen molar-refractivity contribution in [2.75, 3.05) is 26.1 Å². The number of esters is 2. The third-order valence-electron chi connectivity index (χ3n) is 4.06. The molecule has 2 aromatic rings. The van der Waals surface area contributed by atoms with Crippen LogP contribution in [-0.4, -0.2) is 38.0 Å². The Balaban J connectivity index is 1.75. The third-order valence-corrected chi connectivity index (χ3v) is 5.02. The van der Waals surface area contributed by atoms with E-state index in [0.717, 1.165) is 22.3 Å². The number of carbonyl (C=O) groups is 2. The topological polar surface area (TPSA) is 71.1 Å². The lowest BCUT2D eigenvalue weighted by atomic mass is 10.2. The molecule has 0 atom stereocenters. The number of carbonyl (C=O) groups excluding carboxylic acids is 2. The van der Waals surface area contributed by atoms with Crippen molar-refractivity contribution in [3.05, 3.63) is 78.4 Å². The highest BCUT2D eigenvalue weighted by molar-refractivity contribution is 7.99. The molecular weight excluding hydrogens is 416 g/mol. The lowest BCUT2D eigenvalue weighted by Gasteiger charge is -2.08. The van der Waals surface area contributed by atoms with Crippen LogP contribution in [-0.2, 0) is 25.7 Å². The van der Waals surface area contributed by atoms with Gasteiger partial charge >= 0.3 is 11.9 Å². The van der Waals surface area contributed by atoms with E-state index in [1.54, 1.807) is 31.9 Å². The van der Waals surface area contributed by atoms with Gasteiger partial charge in [0.15, 0.2) is 0 Å². The molecule has 0 N–H and O–H groups in total. The fourth-order valence-electron chi connectivity index (χ4n) is 2.35. The molecule has 0 bridgehead atoms. The maximum atomic E-state index is 12.1. The number of methoxy groups -OCH3 is 1. The highest BCUT2D eigenvalue weighted by Crippen LogP contribution is 2.23. The lowest BCUT2D eigenvalue weighted by Crippen LogP contribution is -2.07. The van der Waals surface area contributed by atoms with E-state index in [4.69, 9.17) is 18.9 Å². The lowest BCUT2D eigenvalue weighted by molar-refractivity contribution is -0.140. The van der Waals surface area contributed by atoms with Crippen LogP contribution >= 0.6 is 11.8 Å². The van der Waals surface area contributed by atoms with Gasteiger partial charge in [-0.25, -0.2) is 9.59 Å². The highest BCUT2D eigenvalue weighted by atomic mass is 32.2. The van der Waals surface area contributed by atoms with E-state index in [0.29, 0.717) is 23.7 Å². The smallest absolute Gasteiger partial charge is 0.333 e. The number of rotatable bonds is 12. The molecule has 0 saturated heterocycles. The van der Waals surface area contributed by atoms with Crippen molar-refractivity contribution in [1.29, 1.82) is 0 Å². The predicted molar refractivity (Wildman–Crippen MR) is 120 cm³/mol. The van der Waals surface area contributed by atoms with Gasteiger partial charge in [-0.1, -0.05) is 24.8 Å². The quantitative estimate of drug-likeness (QED) is 0.206. The first-order valence-electron chi connectivity index (χ1n) is 9.63. The number of benzene rings is 2. The molecule has 0 unspecified atom stereocenters. The maximum absolute atomic E-state index is 12.1. The summed E-state index contributed by atoms with van der Waals surface area (Å²) in [5.41, 5.74) is 1.36. The van der Waals surface area contributed by atoms with Gasteiger partial charge in [0.25, 0.3) is 0 Å². The molecule has 0 aromatic heterocycles. The summed E-state index contributed by atoms with van der Waals surface area (Å²) < 4.78 is 21.1. The SMILES string of the molecule is C=CC(=O)OCCSc1cccc(OC/C=C(\C)C(=O)OCc2ccc(OC)cc2)c1. The zero-order valence-corrected chi connectivity index (χ0v) is 18.5. The molecule has 0 fully saturated rings. The van der Waals surface area contributed by atoms with E-state index >= 15 is 0 Å². The first-order chi connectivity index (χ1) is 15.0. The zero-order valence-electron chi connectivity index (χ0n) is 17.7. The minimum absolute atomic E-state index is 0.191. The van der Waals surface area contributed by atoms with Gasteiger partial charge in [-0.15, -0.1) is 11.8 Å². The standard InChI is InChI=1S/C24H26O6S/c1-4-23(25)29-14-15-31-22-7-5-6-21(16-22)28-13-12-18(2)24(26)30-17-19-8-10-20(27-3)11-9-19/h4-12,16H,1,13-15,17H2,2-3H3/b18-12+. The minimum atomic E-state index is -0.428. The number of ether oxygens (including phenoxy) is 4. The van der Waals surface area contributed by atoms with Crippen molar-refractivity contribution >= 4 is 23.7 Å². The van der Waals surface area contributed by atoms with Gasteiger partial charge in [0.05, 0.1) is 7.11 Å². The molecule has 0 aliphatic rings. The van der Waals surface area contributed by atoms with Crippen LogP contribution in [0.4, 0.5) is 0 Å². The number of thioether (sulfide) groups is 1. The Morgan fingerprint density at radius 3 is 2.55 bits per heavy atom. The summed E-state index contributed by atoms with van der Waals surface area (Å²) in [7, 11) is 1.60. The zero-order chi connectivity index (χ0) is 22.5. The second kappa shape index (κ2) is 13.2. The molecule has 0 amide bonds. The molecule has 164 valence electrons. The van der Waals surface area contributed by atoms with Gasteiger partial charge in [0.2, 0.25) is 0 Å². The van der Waals surface area contributed by atoms with Gasteiger partial charge in [-0.05, 0) is 48.9 Å². The van der Waals surface area contributed by atoms with Crippen LogP contribution in [0.2, 0.25) is 0 Å². The van der Waals surface area contributed by atoms with E-state index in [1.807, 2.05) is 48.5 Å². The largest absolute Gasteiger partial charge is 0.497 e. The first-order valence-corrected chi connectivity index (χ1v) is 10.6. The van der Waals surface area contributed by atoms with E-state index in [9.17, 15) is 9.59 Å². The van der Waals surface area contributed by atoms with Crippen LogP contribution in [0.5, 0.6) is 11.5 Å². The van der Waals surface area contributed by atoms with Crippen molar-refractivity contribution < 1.29 is 28.5 Å². The van der Waals surface area contributed by atoms with Crippen LogP contribution in [0.25, 0.3) is 0 Å². The van der Waals surface area contributed by atoms with Gasteiger partial charge in [0, 0.05) is 22.3 Å². The van der Waals surface area contributed by atoms with E-state index in [-0.39, 0.29) is 13.2 Å². The van der Waals surface area contributed by atoms with Crippen molar-refractivity contribution in [1.82, 2.24) is 0 Å². The second-order valence-electron chi connectivity index (χ2n) is 6.32. The Morgan fingerprint density at radius 1 is 1.06 bits per heavy atom. The Morgan fingerprint density at radius 2 is 1.84 bits per heavy atom. The van der Waals surface area contributed by atoms with Gasteiger partial charge in [0.1, 0.15) is 31.3 Å². The van der Waals surface area contributed by atoms with Crippen LogP contribution in [0.15, 0.2) is 77.7 Å².